The third kappa shape index (κ3) is 3.69. The zero-order valence-corrected chi connectivity index (χ0v) is 17.6. The smallest absolute Gasteiger partial charge is 0.253 e. The predicted molar refractivity (Wildman–Crippen MR) is 122 cm³/mol. The minimum Gasteiger partial charge on any atom is -0.339 e. The summed E-state index contributed by atoms with van der Waals surface area (Å²) >= 11 is 0. The molecule has 0 spiro atoms. The van der Waals surface area contributed by atoms with E-state index in [4.69, 9.17) is 0 Å². The highest BCUT2D eigenvalue weighted by atomic mass is 16.2. The third-order valence-electron chi connectivity index (χ3n) is 6.64. The van der Waals surface area contributed by atoms with Crippen LogP contribution in [0.1, 0.15) is 60.1 Å². The maximum atomic E-state index is 12.9. The van der Waals surface area contributed by atoms with Crippen LogP contribution in [0.5, 0.6) is 0 Å². The van der Waals surface area contributed by atoms with Gasteiger partial charge in [-0.3, -0.25) is 4.79 Å². The Hall–Kier alpha value is -2.81. The van der Waals surface area contributed by atoms with E-state index in [-0.39, 0.29) is 5.91 Å². The van der Waals surface area contributed by atoms with Gasteiger partial charge in [0.1, 0.15) is 0 Å². The standard InChI is InChI=1S/C27H30N2O/c30-27(28-18-8-3-9-19-28)22-14-16-24(17-15-22)29-25-13-7-2-6-12-23(25)20-26(29)21-10-4-1-5-11-21/h1,4-5,10-11,14-17,20H,2-3,6-9,12-13,18-19H2. The van der Waals surface area contributed by atoms with Crippen LogP contribution in [-0.2, 0) is 12.8 Å². The molecule has 0 N–H and O–H groups in total. The van der Waals surface area contributed by atoms with Crippen LogP contribution in [0.4, 0.5) is 0 Å². The van der Waals surface area contributed by atoms with Crippen LogP contribution in [-0.4, -0.2) is 28.5 Å². The molecule has 2 aliphatic rings. The minimum absolute atomic E-state index is 0.177. The molecule has 1 aliphatic heterocycles. The Morgan fingerprint density at radius 2 is 1.43 bits per heavy atom. The van der Waals surface area contributed by atoms with E-state index in [9.17, 15) is 4.79 Å². The van der Waals surface area contributed by atoms with Gasteiger partial charge < -0.3 is 9.47 Å². The van der Waals surface area contributed by atoms with Crippen LogP contribution in [0.2, 0.25) is 0 Å². The lowest BCUT2D eigenvalue weighted by Gasteiger charge is -2.26. The van der Waals surface area contributed by atoms with Crippen molar-refractivity contribution in [2.75, 3.05) is 13.1 Å². The quantitative estimate of drug-likeness (QED) is 0.494. The first-order chi connectivity index (χ1) is 14.8. The summed E-state index contributed by atoms with van der Waals surface area (Å²) in [7, 11) is 0. The van der Waals surface area contributed by atoms with E-state index in [1.807, 2.05) is 17.0 Å². The molecular formula is C27H30N2O. The number of hydrogen-bond acceptors (Lipinski definition) is 1. The summed E-state index contributed by atoms with van der Waals surface area (Å²) in [4.78, 5) is 14.9. The van der Waals surface area contributed by atoms with Gasteiger partial charge in [0.05, 0.1) is 5.69 Å². The number of fused-ring (bicyclic) bond motifs is 1. The number of hydrogen-bond donors (Lipinski definition) is 0. The molecule has 1 saturated heterocycles. The van der Waals surface area contributed by atoms with E-state index in [0.717, 1.165) is 50.0 Å². The maximum Gasteiger partial charge on any atom is 0.253 e. The Kier molecular flexibility index (Phi) is 5.44. The molecule has 3 nitrogen and oxygen atoms in total. The number of carbonyl (C=O) groups is 1. The second-order valence-electron chi connectivity index (χ2n) is 8.66. The number of aryl methyl sites for hydroxylation is 1. The van der Waals surface area contributed by atoms with Gasteiger partial charge in [0.2, 0.25) is 0 Å². The Morgan fingerprint density at radius 1 is 0.733 bits per heavy atom. The van der Waals surface area contributed by atoms with Crippen molar-refractivity contribution in [1.29, 1.82) is 0 Å². The molecule has 0 atom stereocenters. The molecule has 30 heavy (non-hydrogen) atoms. The SMILES string of the molecule is O=C(c1ccc(-n2c(-c3ccccc3)cc3c2CCCCC3)cc1)N1CCCCC1. The monoisotopic (exact) mass is 398 g/mol. The van der Waals surface area contributed by atoms with Gasteiger partial charge in [-0.05, 0) is 86.4 Å². The summed E-state index contributed by atoms with van der Waals surface area (Å²) in [6.45, 7) is 1.79. The van der Waals surface area contributed by atoms with Crippen LogP contribution >= 0.6 is 0 Å². The van der Waals surface area contributed by atoms with Gasteiger partial charge in [-0.25, -0.2) is 0 Å². The third-order valence-corrected chi connectivity index (χ3v) is 6.64. The minimum atomic E-state index is 0.177. The molecule has 0 radical (unpaired) electrons. The normalized spacial score (nSPS) is 16.7. The van der Waals surface area contributed by atoms with Crippen molar-refractivity contribution in [3.8, 4) is 16.9 Å². The molecule has 3 aromatic rings. The molecule has 0 unspecified atom stereocenters. The summed E-state index contributed by atoms with van der Waals surface area (Å²) < 4.78 is 2.44. The van der Waals surface area contributed by atoms with Gasteiger partial charge in [-0.15, -0.1) is 0 Å². The van der Waals surface area contributed by atoms with E-state index in [2.05, 4.69) is 53.1 Å². The average Bonchev–Trinajstić information content (AvgIpc) is 3.02. The van der Waals surface area contributed by atoms with Gasteiger partial charge in [-0.2, -0.15) is 0 Å². The van der Waals surface area contributed by atoms with Crippen molar-refractivity contribution >= 4 is 5.91 Å². The fraction of sp³-hybridized carbons (Fsp3) is 0.370. The Morgan fingerprint density at radius 3 is 2.20 bits per heavy atom. The van der Waals surface area contributed by atoms with E-state index in [0.29, 0.717) is 0 Å². The molecule has 2 heterocycles. The highest BCUT2D eigenvalue weighted by molar-refractivity contribution is 5.94. The van der Waals surface area contributed by atoms with Crippen molar-refractivity contribution < 1.29 is 4.79 Å². The first kappa shape index (κ1) is 19.2. The molecular weight excluding hydrogens is 368 g/mol. The van der Waals surface area contributed by atoms with Crippen LogP contribution in [0, 0.1) is 0 Å². The Labute approximate surface area is 179 Å². The summed E-state index contributed by atoms with van der Waals surface area (Å²) in [5.74, 6) is 0.177. The van der Waals surface area contributed by atoms with E-state index in [1.54, 1.807) is 0 Å². The van der Waals surface area contributed by atoms with Crippen LogP contribution in [0.25, 0.3) is 16.9 Å². The maximum absolute atomic E-state index is 12.9. The fourth-order valence-electron chi connectivity index (χ4n) is 5.02. The largest absolute Gasteiger partial charge is 0.339 e. The molecule has 5 rings (SSSR count). The van der Waals surface area contributed by atoms with E-state index >= 15 is 0 Å². The summed E-state index contributed by atoms with van der Waals surface area (Å²) in [5.41, 5.74) is 7.41. The number of carbonyl (C=O) groups excluding carboxylic acids is 1. The molecule has 1 amide bonds. The lowest BCUT2D eigenvalue weighted by molar-refractivity contribution is 0.0724. The van der Waals surface area contributed by atoms with Gasteiger partial charge >= 0.3 is 0 Å². The van der Waals surface area contributed by atoms with Crippen molar-refractivity contribution in [3.63, 3.8) is 0 Å². The number of likely N-dealkylation sites (tertiary alicyclic amines) is 1. The Bertz CT molecular complexity index is 1010. The molecule has 1 aromatic heterocycles. The van der Waals surface area contributed by atoms with Gasteiger partial charge in [-0.1, -0.05) is 36.8 Å². The molecule has 0 saturated carbocycles. The molecule has 1 fully saturated rings. The lowest BCUT2D eigenvalue weighted by Crippen LogP contribution is -2.35. The topological polar surface area (TPSA) is 25.2 Å². The van der Waals surface area contributed by atoms with Gasteiger partial charge in [0.15, 0.2) is 0 Å². The molecule has 154 valence electrons. The highest BCUT2D eigenvalue weighted by Crippen LogP contribution is 2.33. The number of piperidine rings is 1. The van der Waals surface area contributed by atoms with Crippen molar-refractivity contribution in [2.45, 2.75) is 51.4 Å². The highest BCUT2D eigenvalue weighted by Gasteiger charge is 2.21. The van der Waals surface area contributed by atoms with E-state index < -0.39 is 0 Å². The van der Waals surface area contributed by atoms with Gasteiger partial charge in [0, 0.05) is 30.0 Å². The number of amides is 1. The second kappa shape index (κ2) is 8.51. The number of benzene rings is 2. The lowest BCUT2D eigenvalue weighted by atomic mass is 10.1. The van der Waals surface area contributed by atoms with Crippen LogP contribution < -0.4 is 0 Å². The fourth-order valence-corrected chi connectivity index (χ4v) is 5.02. The Balaban J connectivity index is 1.53. The van der Waals surface area contributed by atoms with Gasteiger partial charge in [0.25, 0.3) is 5.91 Å². The average molecular weight is 399 g/mol. The zero-order chi connectivity index (χ0) is 20.3. The van der Waals surface area contributed by atoms with Crippen molar-refractivity contribution in [3.05, 3.63) is 77.5 Å². The predicted octanol–water partition coefficient (Wildman–Crippen LogP) is 6.04. The number of aromatic nitrogens is 1. The molecule has 0 bridgehead atoms. The molecule has 2 aromatic carbocycles. The van der Waals surface area contributed by atoms with Crippen LogP contribution in [0.15, 0.2) is 60.7 Å². The summed E-state index contributed by atoms with van der Waals surface area (Å²) in [6.07, 6.45) is 9.59. The number of rotatable bonds is 3. The van der Waals surface area contributed by atoms with Crippen molar-refractivity contribution in [2.24, 2.45) is 0 Å². The van der Waals surface area contributed by atoms with Crippen molar-refractivity contribution in [1.82, 2.24) is 9.47 Å². The number of nitrogens with zero attached hydrogens (tertiary/aromatic N) is 2. The second-order valence-corrected chi connectivity index (χ2v) is 8.66. The van der Waals surface area contributed by atoms with E-state index in [1.165, 1.54) is 48.2 Å². The summed E-state index contributed by atoms with van der Waals surface area (Å²) in [6, 6.07) is 21.4. The first-order valence-electron chi connectivity index (χ1n) is 11.5. The first-order valence-corrected chi connectivity index (χ1v) is 11.5. The molecule has 3 heteroatoms. The molecule has 1 aliphatic carbocycles. The van der Waals surface area contributed by atoms with Crippen LogP contribution in [0.3, 0.4) is 0 Å². The summed E-state index contributed by atoms with van der Waals surface area (Å²) in [5, 5.41) is 0. The zero-order valence-electron chi connectivity index (χ0n) is 17.6.